The maximum Gasteiger partial charge on any atom is 0.228 e. The molecule has 3 N–H and O–H groups in total. The number of ketones is 1. The van der Waals surface area contributed by atoms with Crippen molar-refractivity contribution < 1.29 is 9.59 Å². The summed E-state index contributed by atoms with van der Waals surface area (Å²) < 4.78 is 0. The average molecular weight is 167 g/mol. The van der Waals surface area contributed by atoms with Gasteiger partial charge in [-0.2, -0.15) is 0 Å². The van der Waals surface area contributed by atoms with E-state index < -0.39 is 11.8 Å². The third-order valence-corrected chi connectivity index (χ3v) is 1.55. The highest BCUT2D eigenvalue weighted by molar-refractivity contribution is 6.07. The van der Waals surface area contributed by atoms with Gasteiger partial charge in [0.15, 0.2) is 5.82 Å². The molecule has 12 heavy (non-hydrogen) atoms. The monoisotopic (exact) mass is 167 g/mol. The Kier molecular flexibility index (Phi) is 2.23. The molecule has 0 aliphatic heterocycles. The summed E-state index contributed by atoms with van der Waals surface area (Å²) in [6.07, 6.45) is 2.96. The van der Waals surface area contributed by atoms with Crippen LogP contribution in [0.25, 0.3) is 0 Å². The lowest BCUT2D eigenvalue weighted by atomic mass is 10.1. The lowest BCUT2D eigenvalue weighted by Crippen LogP contribution is -2.28. The number of carbonyl (C=O) groups excluding carboxylic acids is 2. The number of H-pyrrole nitrogens is 1. The van der Waals surface area contributed by atoms with Gasteiger partial charge < -0.3 is 10.7 Å². The van der Waals surface area contributed by atoms with E-state index in [1.165, 1.54) is 19.3 Å². The third-order valence-electron chi connectivity index (χ3n) is 1.55. The van der Waals surface area contributed by atoms with Gasteiger partial charge in [0.25, 0.3) is 0 Å². The largest absolute Gasteiger partial charge is 0.369 e. The van der Waals surface area contributed by atoms with Crippen LogP contribution in [0.1, 0.15) is 17.5 Å². The lowest BCUT2D eigenvalue weighted by molar-refractivity contribution is -0.120. The first kappa shape index (κ1) is 8.45. The fourth-order valence-electron chi connectivity index (χ4n) is 0.734. The van der Waals surface area contributed by atoms with E-state index >= 15 is 0 Å². The molecule has 64 valence electrons. The molecule has 5 nitrogen and oxygen atoms in total. The van der Waals surface area contributed by atoms with Crippen molar-refractivity contribution in [2.75, 3.05) is 0 Å². The maximum atomic E-state index is 11.3. The topological polar surface area (TPSA) is 88.8 Å². The Balaban J connectivity index is 2.79. The minimum atomic E-state index is -0.823. The Hall–Kier alpha value is -1.65. The molecule has 1 unspecified atom stereocenters. The van der Waals surface area contributed by atoms with Crippen LogP contribution in [0.2, 0.25) is 0 Å². The van der Waals surface area contributed by atoms with Gasteiger partial charge in [-0.1, -0.05) is 0 Å². The zero-order valence-electron chi connectivity index (χ0n) is 6.57. The third kappa shape index (κ3) is 1.50. The van der Waals surface area contributed by atoms with Crippen molar-refractivity contribution in [3.8, 4) is 0 Å². The number of carbonyl (C=O) groups is 2. The van der Waals surface area contributed by atoms with Gasteiger partial charge in [0.05, 0.1) is 0 Å². The van der Waals surface area contributed by atoms with Crippen LogP contribution in [0.3, 0.4) is 0 Å². The van der Waals surface area contributed by atoms with Crippen molar-refractivity contribution in [1.29, 1.82) is 0 Å². The first-order valence-electron chi connectivity index (χ1n) is 3.46. The number of hydrogen-bond acceptors (Lipinski definition) is 3. The fourth-order valence-corrected chi connectivity index (χ4v) is 0.734. The standard InChI is InChI=1S/C7H9N3O2/c1-4(6(8)12)5(11)7-9-2-3-10-7/h2-4H,1H3,(H2,8,12)(H,9,10). The highest BCUT2D eigenvalue weighted by atomic mass is 16.2. The predicted octanol–water partition coefficient (Wildman–Crippen LogP) is -0.286. The maximum absolute atomic E-state index is 11.3. The molecule has 1 aromatic rings. The Morgan fingerprint density at radius 1 is 1.67 bits per heavy atom. The van der Waals surface area contributed by atoms with Crippen LogP contribution in [0.15, 0.2) is 12.4 Å². The molecule has 0 spiro atoms. The number of nitrogens with two attached hydrogens (primary N) is 1. The molecule has 5 heteroatoms. The zero-order valence-corrected chi connectivity index (χ0v) is 6.57. The summed E-state index contributed by atoms with van der Waals surface area (Å²) in [6, 6.07) is 0. The number of Topliss-reactive ketones (excluding diaryl/α,β-unsaturated/α-hetero) is 1. The molecule has 0 fully saturated rings. The molecule has 1 amide bonds. The van der Waals surface area contributed by atoms with Crippen LogP contribution in [0.5, 0.6) is 0 Å². The molecule has 0 aromatic carbocycles. The Morgan fingerprint density at radius 3 is 2.75 bits per heavy atom. The average Bonchev–Trinajstić information content (AvgIpc) is 2.53. The molecule has 0 bridgehead atoms. The number of nitrogens with one attached hydrogen (secondary N) is 1. The van der Waals surface area contributed by atoms with E-state index in [9.17, 15) is 9.59 Å². The second kappa shape index (κ2) is 3.17. The molecule has 0 saturated heterocycles. The molecule has 0 aliphatic rings. The second-order valence-corrected chi connectivity index (χ2v) is 2.43. The molecule has 0 radical (unpaired) electrons. The first-order valence-corrected chi connectivity index (χ1v) is 3.46. The van der Waals surface area contributed by atoms with E-state index in [0.717, 1.165) is 0 Å². The first-order chi connectivity index (χ1) is 5.63. The van der Waals surface area contributed by atoms with Gasteiger partial charge in [-0.15, -0.1) is 0 Å². The highest BCUT2D eigenvalue weighted by Crippen LogP contribution is 2.02. The van der Waals surface area contributed by atoms with Crippen molar-refractivity contribution in [2.24, 2.45) is 11.7 Å². The van der Waals surface area contributed by atoms with Crippen molar-refractivity contribution in [2.45, 2.75) is 6.92 Å². The molecule has 1 rings (SSSR count). The minimum Gasteiger partial charge on any atom is -0.369 e. The van der Waals surface area contributed by atoms with Crippen LogP contribution in [-0.2, 0) is 4.79 Å². The summed E-state index contributed by atoms with van der Waals surface area (Å²) in [5.74, 6) is -1.68. The Morgan fingerprint density at radius 2 is 2.33 bits per heavy atom. The summed E-state index contributed by atoms with van der Waals surface area (Å²) in [5, 5.41) is 0. The molecular weight excluding hydrogens is 158 g/mol. The van der Waals surface area contributed by atoms with Gasteiger partial charge in [0.1, 0.15) is 5.92 Å². The van der Waals surface area contributed by atoms with Crippen molar-refractivity contribution in [3.05, 3.63) is 18.2 Å². The van der Waals surface area contributed by atoms with Gasteiger partial charge in [-0.3, -0.25) is 9.59 Å². The quantitative estimate of drug-likeness (QED) is 0.479. The number of nitrogens with zero attached hydrogens (tertiary/aromatic N) is 1. The van der Waals surface area contributed by atoms with Crippen LogP contribution >= 0.6 is 0 Å². The van der Waals surface area contributed by atoms with E-state index in [1.807, 2.05) is 0 Å². The van der Waals surface area contributed by atoms with Gasteiger partial charge >= 0.3 is 0 Å². The molecular formula is C7H9N3O2. The number of primary amides is 1. The van der Waals surface area contributed by atoms with E-state index in [0.29, 0.717) is 0 Å². The van der Waals surface area contributed by atoms with Crippen LogP contribution in [-0.4, -0.2) is 21.7 Å². The van der Waals surface area contributed by atoms with Crippen molar-refractivity contribution in [3.63, 3.8) is 0 Å². The van der Waals surface area contributed by atoms with Gasteiger partial charge in [0, 0.05) is 12.4 Å². The highest BCUT2D eigenvalue weighted by Gasteiger charge is 2.21. The van der Waals surface area contributed by atoms with Crippen molar-refractivity contribution in [1.82, 2.24) is 9.97 Å². The zero-order chi connectivity index (χ0) is 9.14. The van der Waals surface area contributed by atoms with Gasteiger partial charge in [-0.05, 0) is 6.92 Å². The molecule has 0 saturated carbocycles. The van der Waals surface area contributed by atoms with Crippen LogP contribution < -0.4 is 5.73 Å². The fraction of sp³-hybridized carbons (Fsp3) is 0.286. The van der Waals surface area contributed by atoms with Crippen molar-refractivity contribution >= 4 is 11.7 Å². The van der Waals surface area contributed by atoms with Gasteiger partial charge in [0.2, 0.25) is 11.7 Å². The second-order valence-electron chi connectivity index (χ2n) is 2.43. The number of aromatic nitrogens is 2. The summed E-state index contributed by atoms with van der Waals surface area (Å²) in [4.78, 5) is 28.2. The van der Waals surface area contributed by atoms with E-state index in [4.69, 9.17) is 5.73 Å². The summed E-state index contributed by atoms with van der Waals surface area (Å²) in [5.41, 5.74) is 4.94. The summed E-state index contributed by atoms with van der Waals surface area (Å²) >= 11 is 0. The number of amides is 1. The number of rotatable bonds is 3. The molecule has 0 aliphatic carbocycles. The van der Waals surface area contributed by atoms with E-state index in [1.54, 1.807) is 0 Å². The number of aromatic amines is 1. The molecule has 1 heterocycles. The summed E-state index contributed by atoms with van der Waals surface area (Å²) in [7, 11) is 0. The minimum absolute atomic E-state index is 0.168. The van der Waals surface area contributed by atoms with Gasteiger partial charge in [-0.25, -0.2) is 4.98 Å². The Labute approximate surface area is 69.0 Å². The Bertz CT molecular complexity index is 292. The van der Waals surface area contributed by atoms with E-state index in [-0.39, 0.29) is 11.6 Å². The molecule has 1 atom stereocenters. The SMILES string of the molecule is CC(C(N)=O)C(=O)c1ncc[nH]1. The number of hydrogen-bond donors (Lipinski definition) is 2. The number of imidazole rings is 1. The normalized spacial score (nSPS) is 12.4. The van der Waals surface area contributed by atoms with Crippen LogP contribution in [0.4, 0.5) is 0 Å². The predicted molar refractivity (Wildman–Crippen MR) is 41.3 cm³/mol. The summed E-state index contributed by atoms with van der Waals surface area (Å²) in [6.45, 7) is 1.45. The van der Waals surface area contributed by atoms with E-state index in [2.05, 4.69) is 9.97 Å². The lowest BCUT2D eigenvalue weighted by Gasteiger charge is -2.01. The molecule has 1 aromatic heterocycles. The van der Waals surface area contributed by atoms with Crippen LogP contribution in [0, 0.1) is 5.92 Å². The smallest absolute Gasteiger partial charge is 0.228 e.